The average molecular weight is 417 g/mol. The van der Waals surface area contributed by atoms with E-state index < -0.39 is 5.91 Å². The summed E-state index contributed by atoms with van der Waals surface area (Å²) in [5.74, 6) is -0.540. The second-order valence-corrected chi connectivity index (χ2v) is 7.96. The quantitative estimate of drug-likeness (QED) is 0.663. The predicted molar refractivity (Wildman–Crippen MR) is 106 cm³/mol. The van der Waals surface area contributed by atoms with E-state index in [1.165, 1.54) is 16.1 Å². The molecule has 0 aliphatic heterocycles. The molecule has 3 aromatic rings. The van der Waals surface area contributed by atoms with Crippen molar-refractivity contribution in [3.63, 3.8) is 0 Å². The number of amides is 2. The Kier molecular flexibility index (Phi) is 5.10. The van der Waals surface area contributed by atoms with Gasteiger partial charge in [-0.25, -0.2) is 0 Å². The number of carbonyl (C=O) groups excluding carboxylic acids is 2. The fourth-order valence-corrected chi connectivity index (χ4v) is 4.80. The van der Waals surface area contributed by atoms with Gasteiger partial charge >= 0.3 is 0 Å². The van der Waals surface area contributed by atoms with Crippen LogP contribution in [0.4, 0.5) is 5.00 Å². The highest BCUT2D eigenvalue weighted by atomic mass is 35.5. The Morgan fingerprint density at radius 2 is 2.04 bits per heavy atom. The lowest BCUT2D eigenvalue weighted by atomic mass is 9.95. The molecule has 4 rings (SSSR count). The summed E-state index contributed by atoms with van der Waals surface area (Å²) >= 11 is 7.56. The number of hydrogen-bond acceptors (Lipinski definition) is 6. The molecule has 0 spiro atoms. The summed E-state index contributed by atoms with van der Waals surface area (Å²) in [7, 11) is 0. The third-order valence-corrected chi connectivity index (χ3v) is 6.06. The number of thiophene rings is 1. The van der Waals surface area contributed by atoms with Gasteiger partial charge in [0.05, 0.1) is 10.6 Å². The van der Waals surface area contributed by atoms with Gasteiger partial charge in [0.1, 0.15) is 11.5 Å². The van der Waals surface area contributed by atoms with Gasteiger partial charge in [-0.05, 0) is 48.6 Å². The van der Waals surface area contributed by atoms with Crippen LogP contribution in [0.5, 0.6) is 0 Å². The van der Waals surface area contributed by atoms with E-state index in [1.54, 1.807) is 18.2 Å². The van der Waals surface area contributed by atoms with Crippen LogP contribution in [-0.4, -0.2) is 32.0 Å². The standard InChI is InChI=1S/C18H17ClN6O2S/c19-12-7-3-1-5-10(12)17-22-24-25(23-17)9-14(26)21-18-15(16(20)27)11-6-2-4-8-13(11)28-18/h1,3,5,7H,2,4,6,8-9H2,(H2,20,27)(H,21,26). The molecule has 0 fully saturated rings. The van der Waals surface area contributed by atoms with Crippen molar-refractivity contribution in [3.8, 4) is 11.4 Å². The highest BCUT2D eigenvalue weighted by molar-refractivity contribution is 7.17. The number of tetrazole rings is 1. The molecule has 10 heteroatoms. The van der Waals surface area contributed by atoms with Gasteiger partial charge in [-0.1, -0.05) is 23.7 Å². The number of nitrogens with two attached hydrogens (primary N) is 1. The molecule has 1 aromatic carbocycles. The molecule has 1 aliphatic carbocycles. The van der Waals surface area contributed by atoms with Crippen molar-refractivity contribution >= 4 is 39.8 Å². The van der Waals surface area contributed by atoms with Crippen LogP contribution >= 0.6 is 22.9 Å². The molecule has 0 saturated heterocycles. The van der Waals surface area contributed by atoms with Gasteiger partial charge in [-0.15, -0.1) is 21.5 Å². The lowest BCUT2D eigenvalue weighted by Gasteiger charge is -2.11. The van der Waals surface area contributed by atoms with Crippen LogP contribution in [-0.2, 0) is 24.2 Å². The number of aryl methyl sites for hydroxylation is 1. The number of halogens is 1. The number of nitrogens with zero attached hydrogens (tertiary/aromatic N) is 4. The van der Waals surface area contributed by atoms with Gasteiger partial charge in [-0.2, -0.15) is 4.80 Å². The van der Waals surface area contributed by atoms with Gasteiger partial charge in [0.15, 0.2) is 0 Å². The third kappa shape index (κ3) is 3.63. The lowest BCUT2D eigenvalue weighted by molar-refractivity contribution is -0.117. The maximum absolute atomic E-state index is 12.5. The van der Waals surface area contributed by atoms with Crippen molar-refractivity contribution in [2.75, 3.05) is 5.32 Å². The zero-order valence-corrected chi connectivity index (χ0v) is 16.4. The number of benzene rings is 1. The Hall–Kier alpha value is -2.78. The molecule has 0 atom stereocenters. The summed E-state index contributed by atoms with van der Waals surface area (Å²) in [6, 6.07) is 7.13. The number of primary amides is 1. The van der Waals surface area contributed by atoms with Gasteiger partial charge in [0, 0.05) is 10.4 Å². The second-order valence-electron chi connectivity index (χ2n) is 6.45. The number of anilines is 1. The second kappa shape index (κ2) is 7.69. The summed E-state index contributed by atoms with van der Waals surface area (Å²) in [6.07, 6.45) is 3.81. The molecule has 28 heavy (non-hydrogen) atoms. The molecule has 8 nitrogen and oxygen atoms in total. The lowest BCUT2D eigenvalue weighted by Crippen LogP contribution is -2.22. The first kappa shape index (κ1) is 18.6. The van der Waals surface area contributed by atoms with Crippen molar-refractivity contribution in [2.24, 2.45) is 5.73 Å². The molecule has 0 saturated carbocycles. The summed E-state index contributed by atoms with van der Waals surface area (Å²) in [5.41, 5.74) is 7.59. The molecule has 0 radical (unpaired) electrons. The number of hydrogen-bond donors (Lipinski definition) is 2. The highest BCUT2D eigenvalue weighted by Gasteiger charge is 2.25. The van der Waals surface area contributed by atoms with Crippen LogP contribution in [0.15, 0.2) is 24.3 Å². The third-order valence-electron chi connectivity index (χ3n) is 4.52. The SMILES string of the molecule is NC(=O)c1c(NC(=O)Cn2nnc(-c3ccccc3Cl)n2)sc2c1CCCC2. The number of aromatic nitrogens is 4. The molecular formula is C18H17ClN6O2S. The number of fused-ring (bicyclic) bond motifs is 1. The Balaban J connectivity index is 1.51. The van der Waals surface area contributed by atoms with Crippen LogP contribution in [0, 0.1) is 0 Å². The van der Waals surface area contributed by atoms with Crippen molar-refractivity contribution in [1.82, 2.24) is 20.2 Å². The Bertz CT molecular complexity index is 1060. The molecule has 0 bridgehead atoms. The smallest absolute Gasteiger partial charge is 0.251 e. The topological polar surface area (TPSA) is 116 Å². The molecule has 2 heterocycles. The minimum absolute atomic E-state index is 0.141. The zero-order valence-electron chi connectivity index (χ0n) is 14.8. The van der Waals surface area contributed by atoms with Crippen LogP contribution < -0.4 is 11.1 Å². The van der Waals surface area contributed by atoms with Gasteiger partial charge < -0.3 is 11.1 Å². The fourth-order valence-electron chi connectivity index (χ4n) is 3.27. The van der Waals surface area contributed by atoms with Crippen LogP contribution in [0.25, 0.3) is 11.4 Å². The Morgan fingerprint density at radius 1 is 1.25 bits per heavy atom. The number of nitrogens with one attached hydrogen (secondary N) is 1. The zero-order chi connectivity index (χ0) is 19.7. The average Bonchev–Trinajstić information content (AvgIpc) is 3.26. The first-order valence-electron chi connectivity index (χ1n) is 8.80. The molecule has 2 amide bonds. The van der Waals surface area contributed by atoms with Gasteiger partial charge in [-0.3, -0.25) is 9.59 Å². The normalized spacial score (nSPS) is 13.2. The minimum atomic E-state index is -0.519. The summed E-state index contributed by atoms with van der Waals surface area (Å²) in [5, 5.41) is 15.8. The van der Waals surface area contributed by atoms with Gasteiger partial charge in [0.25, 0.3) is 5.91 Å². The molecule has 1 aliphatic rings. The van der Waals surface area contributed by atoms with Crippen LogP contribution in [0.1, 0.15) is 33.6 Å². The van der Waals surface area contributed by atoms with Crippen molar-refractivity contribution in [1.29, 1.82) is 0 Å². The van der Waals surface area contributed by atoms with Crippen LogP contribution in [0.3, 0.4) is 0 Å². The molecule has 144 valence electrons. The molecule has 2 aromatic heterocycles. The summed E-state index contributed by atoms with van der Waals surface area (Å²) in [6.45, 7) is -0.141. The molecule has 0 unspecified atom stereocenters. The Morgan fingerprint density at radius 3 is 2.82 bits per heavy atom. The van der Waals surface area contributed by atoms with E-state index in [2.05, 4.69) is 20.7 Å². The molecule has 3 N–H and O–H groups in total. The maximum Gasteiger partial charge on any atom is 0.251 e. The van der Waals surface area contributed by atoms with E-state index in [0.29, 0.717) is 27.0 Å². The Labute approximate surface area is 169 Å². The van der Waals surface area contributed by atoms with E-state index in [4.69, 9.17) is 17.3 Å². The van der Waals surface area contributed by atoms with E-state index in [0.717, 1.165) is 36.1 Å². The number of carbonyl (C=O) groups is 2. The van der Waals surface area contributed by atoms with E-state index >= 15 is 0 Å². The monoisotopic (exact) mass is 416 g/mol. The minimum Gasteiger partial charge on any atom is -0.365 e. The predicted octanol–water partition coefficient (Wildman–Crippen LogP) is 2.67. The maximum atomic E-state index is 12.5. The molecular weight excluding hydrogens is 400 g/mol. The van der Waals surface area contributed by atoms with Crippen molar-refractivity contribution < 1.29 is 9.59 Å². The van der Waals surface area contributed by atoms with Crippen molar-refractivity contribution in [2.45, 2.75) is 32.2 Å². The van der Waals surface area contributed by atoms with Crippen molar-refractivity contribution in [3.05, 3.63) is 45.3 Å². The van der Waals surface area contributed by atoms with Gasteiger partial charge in [0.2, 0.25) is 11.7 Å². The summed E-state index contributed by atoms with van der Waals surface area (Å²) < 4.78 is 0. The first-order chi connectivity index (χ1) is 13.5. The highest BCUT2D eigenvalue weighted by Crippen LogP contribution is 2.37. The largest absolute Gasteiger partial charge is 0.365 e. The first-order valence-corrected chi connectivity index (χ1v) is 9.99. The van der Waals surface area contributed by atoms with E-state index in [9.17, 15) is 9.59 Å². The van der Waals surface area contributed by atoms with E-state index in [1.807, 2.05) is 6.07 Å². The van der Waals surface area contributed by atoms with E-state index in [-0.39, 0.29) is 12.5 Å². The number of rotatable bonds is 5. The fraction of sp³-hybridized carbons (Fsp3) is 0.278. The summed E-state index contributed by atoms with van der Waals surface area (Å²) in [4.78, 5) is 26.7. The van der Waals surface area contributed by atoms with Crippen LogP contribution in [0.2, 0.25) is 5.02 Å².